The summed E-state index contributed by atoms with van der Waals surface area (Å²) in [4.78, 5) is 27.6. The van der Waals surface area contributed by atoms with Gasteiger partial charge in [0.25, 0.3) is 0 Å². The molecule has 2 amide bonds. The monoisotopic (exact) mass is 525 g/mol. The lowest BCUT2D eigenvalue weighted by Crippen LogP contribution is -2.52. The van der Waals surface area contributed by atoms with Gasteiger partial charge in [-0.25, -0.2) is 12.8 Å². The molecule has 192 valence electrons. The Kier molecular flexibility index (Phi) is 9.68. The van der Waals surface area contributed by atoms with E-state index in [4.69, 9.17) is 11.6 Å². The van der Waals surface area contributed by atoms with Crippen LogP contribution in [0.1, 0.15) is 46.1 Å². The summed E-state index contributed by atoms with van der Waals surface area (Å²) in [6, 6.07) is 11.4. The number of rotatable bonds is 10. The fourth-order valence-corrected chi connectivity index (χ4v) is 4.64. The van der Waals surface area contributed by atoms with E-state index in [0.29, 0.717) is 16.3 Å². The molecule has 0 fully saturated rings. The first-order valence-electron chi connectivity index (χ1n) is 11.3. The number of anilines is 1. The first-order valence-corrected chi connectivity index (χ1v) is 13.5. The lowest BCUT2D eigenvalue weighted by molar-refractivity contribution is -0.141. The van der Waals surface area contributed by atoms with Crippen molar-refractivity contribution >= 4 is 39.1 Å². The number of benzene rings is 2. The third-order valence-corrected chi connectivity index (χ3v) is 6.79. The zero-order valence-corrected chi connectivity index (χ0v) is 22.3. The second-order valence-electron chi connectivity index (χ2n) is 9.44. The number of carbonyl (C=O) groups is 2. The summed E-state index contributed by atoms with van der Waals surface area (Å²) in [7, 11) is -3.65. The molecular weight excluding hydrogens is 493 g/mol. The molecule has 2 aromatic carbocycles. The molecule has 0 aliphatic heterocycles. The van der Waals surface area contributed by atoms with Gasteiger partial charge in [-0.3, -0.25) is 13.9 Å². The van der Waals surface area contributed by atoms with Gasteiger partial charge in [0.2, 0.25) is 21.8 Å². The van der Waals surface area contributed by atoms with E-state index in [1.807, 2.05) is 20.8 Å². The quantitative estimate of drug-likeness (QED) is 0.499. The molecule has 0 heterocycles. The molecule has 0 radical (unpaired) electrons. The van der Waals surface area contributed by atoms with Crippen molar-refractivity contribution in [2.24, 2.45) is 0 Å². The number of sulfonamides is 1. The summed E-state index contributed by atoms with van der Waals surface area (Å²) in [5.74, 6) is -1.09. The van der Waals surface area contributed by atoms with E-state index in [1.165, 1.54) is 29.2 Å². The summed E-state index contributed by atoms with van der Waals surface area (Å²) in [6.07, 6.45) is 1.27. The van der Waals surface area contributed by atoms with E-state index >= 15 is 0 Å². The Balaban J connectivity index is 2.19. The van der Waals surface area contributed by atoms with E-state index in [0.717, 1.165) is 10.6 Å². The van der Waals surface area contributed by atoms with Crippen LogP contribution in [0.15, 0.2) is 48.5 Å². The fourth-order valence-electron chi connectivity index (χ4n) is 3.48. The Morgan fingerprint density at radius 2 is 1.69 bits per heavy atom. The molecular formula is C25H33ClFN3O4S. The van der Waals surface area contributed by atoms with Crippen molar-refractivity contribution in [1.29, 1.82) is 0 Å². The number of nitrogens with one attached hydrogen (secondary N) is 1. The number of amides is 2. The molecule has 7 nitrogen and oxygen atoms in total. The number of hydrogen-bond donors (Lipinski definition) is 1. The minimum Gasteiger partial charge on any atom is -0.350 e. The van der Waals surface area contributed by atoms with Crippen LogP contribution in [0.25, 0.3) is 0 Å². The van der Waals surface area contributed by atoms with Crippen molar-refractivity contribution < 1.29 is 22.4 Å². The van der Waals surface area contributed by atoms with Crippen molar-refractivity contribution in [3.05, 3.63) is 64.9 Å². The van der Waals surface area contributed by atoms with Crippen molar-refractivity contribution in [2.45, 2.75) is 58.7 Å². The second-order valence-corrected chi connectivity index (χ2v) is 11.8. The lowest BCUT2D eigenvalue weighted by Gasteiger charge is -2.32. The van der Waals surface area contributed by atoms with Crippen molar-refractivity contribution in [2.75, 3.05) is 17.1 Å². The van der Waals surface area contributed by atoms with E-state index in [-0.39, 0.29) is 37.7 Å². The number of nitrogens with zero attached hydrogens (tertiary/aromatic N) is 2. The van der Waals surface area contributed by atoms with Crippen LogP contribution >= 0.6 is 11.6 Å². The van der Waals surface area contributed by atoms with Crippen LogP contribution in [0.2, 0.25) is 5.02 Å². The first kappa shape index (κ1) is 28.6. The molecule has 1 atom stereocenters. The maximum atomic E-state index is 13.3. The minimum atomic E-state index is -3.65. The second kappa shape index (κ2) is 11.9. The van der Waals surface area contributed by atoms with Crippen molar-refractivity contribution in [3.8, 4) is 0 Å². The van der Waals surface area contributed by atoms with Gasteiger partial charge in [-0.2, -0.15) is 0 Å². The molecule has 0 aliphatic carbocycles. The molecule has 0 aliphatic rings. The smallest absolute Gasteiger partial charge is 0.242 e. The predicted molar refractivity (Wildman–Crippen MR) is 137 cm³/mol. The maximum Gasteiger partial charge on any atom is 0.242 e. The average molecular weight is 526 g/mol. The Hall–Kier alpha value is -2.65. The molecule has 0 saturated carbocycles. The minimum absolute atomic E-state index is 0.00477. The molecule has 1 N–H and O–H groups in total. The standard InChI is InChI=1S/C25H33ClFN3O4S/c1-18(24(32)28-25(2,3)4)29(17-19-9-6-7-10-22(19)26)23(31)11-8-16-30(35(5,33)34)21-14-12-20(27)13-15-21/h6-7,9-10,12-15,18H,8,11,16-17H2,1-5H3,(H,28,32)/t18-/m1/s1. The van der Waals surface area contributed by atoms with E-state index in [1.54, 1.807) is 31.2 Å². The number of carbonyl (C=O) groups excluding carboxylic acids is 2. The van der Waals surface area contributed by atoms with Gasteiger partial charge in [-0.05, 0) is 70.0 Å². The SMILES string of the molecule is C[C@H](C(=O)NC(C)(C)C)N(Cc1ccccc1Cl)C(=O)CCCN(c1ccc(F)cc1)S(C)(=O)=O. The largest absolute Gasteiger partial charge is 0.350 e. The highest BCUT2D eigenvalue weighted by Gasteiger charge is 2.29. The summed E-state index contributed by atoms with van der Waals surface area (Å²) in [5, 5.41) is 3.37. The summed E-state index contributed by atoms with van der Waals surface area (Å²) >= 11 is 6.30. The highest BCUT2D eigenvalue weighted by atomic mass is 35.5. The van der Waals surface area contributed by atoms with Gasteiger partial charge >= 0.3 is 0 Å². The third-order valence-electron chi connectivity index (χ3n) is 5.23. The van der Waals surface area contributed by atoms with E-state index in [2.05, 4.69) is 5.32 Å². The van der Waals surface area contributed by atoms with Crippen molar-refractivity contribution in [3.63, 3.8) is 0 Å². The molecule has 2 aromatic rings. The van der Waals surface area contributed by atoms with Crippen LogP contribution in [-0.4, -0.2) is 49.5 Å². The lowest BCUT2D eigenvalue weighted by atomic mass is 10.1. The molecule has 0 unspecified atom stereocenters. The normalized spacial score (nSPS) is 12.7. The molecule has 2 rings (SSSR count). The topological polar surface area (TPSA) is 86.8 Å². The van der Waals surface area contributed by atoms with Crippen LogP contribution in [-0.2, 0) is 26.2 Å². The van der Waals surface area contributed by atoms with Gasteiger partial charge < -0.3 is 10.2 Å². The summed E-state index contributed by atoms with van der Waals surface area (Å²) in [6.45, 7) is 7.37. The van der Waals surface area contributed by atoms with E-state index in [9.17, 15) is 22.4 Å². The van der Waals surface area contributed by atoms with Crippen LogP contribution in [0.3, 0.4) is 0 Å². The Labute approximate surface area is 212 Å². The number of halogens is 2. The molecule has 10 heteroatoms. The fraction of sp³-hybridized carbons (Fsp3) is 0.440. The highest BCUT2D eigenvalue weighted by molar-refractivity contribution is 7.92. The van der Waals surface area contributed by atoms with Gasteiger partial charge in [0, 0.05) is 30.1 Å². The molecule has 0 bridgehead atoms. The Morgan fingerprint density at radius 1 is 1.09 bits per heavy atom. The summed E-state index contributed by atoms with van der Waals surface area (Å²) < 4.78 is 39.0. The molecule has 0 spiro atoms. The zero-order valence-electron chi connectivity index (χ0n) is 20.7. The van der Waals surface area contributed by atoms with Crippen LogP contribution < -0.4 is 9.62 Å². The molecule has 0 aromatic heterocycles. The van der Waals surface area contributed by atoms with Gasteiger partial charge in [0.1, 0.15) is 11.9 Å². The molecule has 35 heavy (non-hydrogen) atoms. The van der Waals surface area contributed by atoms with Crippen LogP contribution in [0, 0.1) is 5.82 Å². The van der Waals surface area contributed by atoms with E-state index < -0.39 is 27.4 Å². The highest BCUT2D eigenvalue weighted by Crippen LogP contribution is 2.21. The van der Waals surface area contributed by atoms with Gasteiger partial charge in [0.15, 0.2) is 0 Å². The Morgan fingerprint density at radius 3 is 2.23 bits per heavy atom. The first-order chi connectivity index (χ1) is 16.2. The zero-order chi connectivity index (χ0) is 26.4. The van der Waals surface area contributed by atoms with Crippen LogP contribution in [0.5, 0.6) is 0 Å². The van der Waals surface area contributed by atoms with Gasteiger partial charge in [-0.15, -0.1) is 0 Å². The Bertz CT molecular complexity index is 1130. The maximum absolute atomic E-state index is 13.3. The average Bonchev–Trinajstić information content (AvgIpc) is 2.74. The predicted octanol–water partition coefficient (Wildman–Crippen LogP) is 4.36. The van der Waals surface area contributed by atoms with Gasteiger partial charge in [0.05, 0.1) is 11.9 Å². The molecule has 0 saturated heterocycles. The van der Waals surface area contributed by atoms with Crippen LogP contribution in [0.4, 0.5) is 10.1 Å². The third kappa shape index (κ3) is 8.81. The number of hydrogen-bond acceptors (Lipinski definition) is 4. The van der Waals surface area contributed by atoms with Gasteiger partial charge in [-0.1, -0.05) is 29.8 Å². The van der Waals surface area contributed by atoms with Crippen molar-refractivity contribution in [1.82, 2.24) is 10.2 Å². The summed E-state index contributed by atoms with van der Waals surface area (Å²) in [5.41, 5.74) is 0.532.